The minimum atomic E-state index is -0.0920. The van der Waals surface area contributed by atoms with Gasteiger partial charge in [-0.25, -0.2) is 0 Å². The third-order valence-electron chi connectivity index (χ3n) is 4.30. The van der Waals surface area contributed by atoms with Crippen LogP contribution in [0.3, 0.4) is 0 Å². The van der Waals surface area contributed by atoms with E-state index in [1.807, 2.05) is 35.2 Å². The average molecular weight is 315 g/mol. The highest BCUT2D eigenvalue weighted by Gasteiger charge is 2.40. The molecule has 1 aromatic rings. The number of amides is 2. The number of hydrogen-bond acceptors (Lipinski definition) is 4. The van der Waals surface area contributed by atoms with Crippen LogP contribution in [0, 0.1) is 0 Å². The number of nitrogens with zero attached hydrogens (tertiary/aromatic N) is 3. The fourth-order valence-electron chi connectivity index (χ4n) is 3.01. The van der Waals surface area contributed by atoms with E-state index in [2.05, 4.69) is 0 Å². The maximum Gasteiger partial charge on any atom is 0.272 e. The van der Waals surface area contributed by atoms with Crippen molar-refractivity contribution in [3.8, 4) is 0 Å². The zero-order valence-electron chi connectivity index (χ0n) is 13.5. The predicted molar refractivity (Wildman–Crippen MR) is 85.1 cm³/mol. The van der Waals surface area contributed by atoms with Gasteiger partial charge in [0.05, 0.1) is 25.4 Å². The standard InChI is InChI=1S/C17H21N3O3/c1-18-15(21)12-20(10-13-6-4-3-5-7-13)14-11-19(8-9-23-2)17(22)16(14)18/h3-7H,8-12H2,1-2H3. The second kappa shape index (κ2) is 6.42. The first-order valence-corrected chi connectivity index (χ1v) is 7.68. The maximum atomic E-state index is 12.6. The van der Waals surface area contributed by atoms with Gasteiger partial charge in [0, 0.05) is 27.2 Å². The zero-order valence-corrected chi connectivity index (χ0v) is 13.5. The van der Waals surface area contributed by atoms with Crippen molar-refractivity contribution in [2.75, 3.05) is 40.4 Å². The number of methoxy groups -OCH3 is 1. The van der Waals surface area contributed by atoms with Gasteiger partial charge in [0.25, 0.3) is 5.91 Å². The monoisotopic (exact) mass is 315 g/mol. The number of carbonyl (C=O) groups is 2. The van der Waals surface area contributed by atoms with E-state index in [1.54, 1.807) is 19.1 Å². The van der Waals surface area contributed by atoms with Crippen LogP contribution in [0.25, 0.3) is 0 Å². The molecule has 0 spiro atoms. The number of carbonyl (C=O) groups excluding carboxylic acids is 2. The van der Waals surface area contributed by atoms with Gasteiger partial charge in [0.2, 0.25) is 5.91 Å². The molecule has 2 aliphatic heterocycles. The van der Waals surface area contributed by atoms with E-state index in [0.29, 0.717) is 38.5 Å². The highest BCUT2D eigenvalue weighted by Crippen LogP contribution is 2.29. The summed E-state index contributed by atoms with van der Waals surface area (Å²) in [6.45, 7) is 2.48. The fraction of sp³-hybridized carbons (Fsp3) is 0.412. The quantitative estimate of drug-likeness (QED) is 0.801. The molecule has 0 fully saturated rings. The molecule has 0 atom stereocenters. The summed E-state index contributed by atoms with van der Waals surface area (Å²) in [7, 11) is 3.29. The molecule has 0 aromatic heterocycles. The van der Waals surface area contributed by atoms with Crippen LogP contribution in [-0.2, 0) is 20.9 Å². The largest absolute Gasteiger partial charge is 0.383 e. The van der Waals surface area contributed by atoms with Gasteiger partial charge in [0.15, 0.2) is 0 Å². The summed E-state index contributed by atoms with van der Waals surface area (Å²) < 4.78 is 5.07. The molecule has 0 bridgehead atoms. The van der Waals surface area contributed by atoms with Crippen molar-refractivity contribution in [2.45, 2.75) is 6.54 Å². The Hall–Kier alpha value is -2.34. The molecule has 2 heterocycles. The van der Waals surface area contributed by atoms with Crippen molar-refractivity contribution < 1.29 is 14.3 Å². The Morgan fingerprint density at radius 2 is 1.83 bits per heavy atom. The van der Waals surface area contributed by atoms with Crippen LogP contribution < -0.4 is 0 Å². The topological polar surface area (TPSA) is 53.1 Å². The van der Waals surface area contributed by atoms with E-state index >= 15 is 0 Å². The first-order chi connectivity index (χ1) is 11.1. The van der Waals surface area contributed by atoms with Gasteiger partial charge < -0.3 is 19.4 Å². The first kappa shape index (κ1) is 15.6. The SMILES string of the molecule is COCCN1CC2=C(C1=O)N(C)C(=O)CN2Cc1ccccc1. The number of rotatable bonds is 5. The summed E-state index contributed by atoms with van der Waals surface area (Å²) in [5, 5.41) is 0. The predicted octanol–water partition coefficient (Wildman–Crippen LogP) is 0.661. The van der Waals surface area contributed by atoms with E-state index in [4.69, 9.17) is 4.74 Å². The summed E-state index contributed by atoms with van der Waals surface area (Å²) in [5.74, 6) is -0.146. The lowest BCUT2D eigenvalue weighted by Gasteiger charge is -2.33. The van der Waals surface area contributed by atoms with Crippen molar-refractivity contribution in [1.29, 1.82) is 0 Å². The molecular weight excluding hydrogens is 294 g/mol. The highest BCUT2D eigenvalue weighted by atomic mass is 16.5. The lowest BCUT2D eigenvalue weighted by Crippen LogP contribution is -2.44. The van der Waals surface area contributed by atoms with Crippen molar-refractivity contribution in [2.24, 2.45) is 0 Å². The van der Waals surface area contributed by atoms with Crippen LogP contribution >= 0.6 is 0 Å². The van der Waals surface area contributed by atoms with Crippen molar-refractivity contribution in [3.05, 3.63) is 47.3 Å². The second-order valence-electron chi connectivity index (χ2n) is 5.81. The van der Waals surface area contributed by atoms with E-state index in [1.165, 1.54) is 4.90 Å². The van der Waals surface area contributed by atoms with Gasteiger partial charge in [-0.15, -0.1) is 0 Å². The molecule has 122 valence electrons. The van der Waals surface area contributed by atoms with Crippen LogP contribution in [0.15, 0.2) is 41.7 Å². The molecular formula is C17H21N3O3. The van der Waals surface area contributed by atoms with Crippen molar-refractivity contribution >= 4 is 11.8 Å². The Bertz CT molecular complexity index is 642. The molecule has 0 saturated carbocycles. The number of ether oxygens (including phenoxy) is 1. The molecule has 2 aliphatic rings. The van der Waals surface area contributed by atoms with Gasteiger partial charge in [-0.2, -0.15) is 0 Å². The van der Waals surface area contributed by atoms with Gasteiger partial charge in [-0.05, 0) is 5.56 Å². The summed E-state index contributed by atoms with van der Waals surface area (Å²) in [6, 6.07) is 9.99. The van der Waals surface area contributed by atoms with E-state index in [9.17, 15) is 9.59 Å². The average Bonchev–Trinajstić information content (AvgIpc) is 2.89. The van der Waals surface area contributed by atoms with E-state index in [0.717, 1.165) is 11.3 Å². The summed E-state index contributed by atoms with van der Waals surface area (Å²) in [4.78, 5) is 30.1. The van der Waals surface area contributed by atoms with Gasteiger partial charge in [-0.3, -0.25) is 9.59 Å². The highest BCUT2D eigenvalue weighted by molar-refractivity contribution is 6.01. The lowest BCUT2D eigenvalue weighted by molar-refractivity contribution is -0.135. The Morgan fingerprint density at radius 1 is 1.09 bits per heavy atom. The van der Waals surface area contributed by atoms with Gasteiger partial charge >= 0.3 is 0 Å². The van der Waals surface area contributed by atoms with E-state index in [-0.39, 0.29) is 11.8 Å². The normalized spacial score (nSPS) is 18.1. The van der Waals surface area contributed by atoms with Crippen molar-refractivity contribution in [3.63, 3.8) is 0 Å². The molecule has 0 unspecified atom stereocenters. The van der Waals surface area contributed by atoms with Crippen LogP contribution in [-0.4, -0.2) is 66.9 Å². The molecule has 6 nitrogen and oxygen atoms in total. The van der Waals surface area contributed by atoms with Crippen LogP contribution in [0.2, 0.25) is 0 Å². The summed E-state index contributed by atoms with van der Waals surface area (Å²) in [5.41, 5.74) is 2.56. The Labute approximate surface area is 135 Å². The number of hydrogen-bond donors (Lipinski definition) is 0. The molecule has 0 aliphatic carbocycles. The smallest absolute Gasteiger partial charge is 0.272 e. The molecule has 0 saturated heterocycles. The molecule has 2 amide bonds. The third-order valence-corrected chi connectivity index (χ3v) is 4.30. The van der Waals surface area contributed by atoms with Gasteiger partial charge in [-0.1, -0.05) is 30.3 Å². The minimum absolute atomic E-state index is 0.0541. The minimum Gasteiger partial charge on any atom is -0.383 e. The van der Waals surface area contributed by atoms with Crippen LogP contribution in [0.4, 0.5) is 0 Å². The fourth-order valence-corrected chi connectivity index (χ4v) is 3.01. The maximum absolute atomic E-state index is 12.6. The number of likely N-dealkylation sites (N-methyl/N-ethyl adjacent to an activating group) is 1. The summed E-state index contributed by atoms with van der Waals surface area (Å²) in [6.07, 6.45) is 0. The second-order valence-corrected chi connectivity index (χ2v) is 5.81. The molecule has 3 rings (SSSR count). The van der Waals surface area contributed by atoms with Crippen molar-refractivity contribution in [1.82, 2.24) is 14.7 Å². The molecule has 6 heteroatoms. The van der Waals surface area contributed by atoms with Crippen LogP contribution in [0.5, 0.6) is 0 Å². The molecule has 0 radical (unpaired) electrons. The first-order valence-electron chi connectivity index (χ1n) is 7.68. The Balaban J connectivity index is 1.85. The molecule has 0 N–H and O–H groups in total. The molecule has 23 heavy (non-hydrogen) atoms. The third kappa shape index (κ3) is 2.94. The summed E-state index contributed by atoms with van der Waals surface area (Å²) >= 11 is 0. The number of benzene rings is 1. The van der Waals surface area contributed by atoms with Gasteiger partial charge in [0.1, 0.15) is 5.70 Å². The van der Waals surface area contributed by atoms with Crippen LogP contribution in [0.1, 0.15) is 5.56 Å². The zero-order chi connectivity index (χ0) is 16.4. The Kier molecular flexibility index (Phi) is 4.34. The Morgan fingerprint density at radius 3 is 2.52 bits per heavy atom. The molecule has 1 aromatic carbocycles. The van der Waals surface area contributed by atoms with E-state index < -0.39 is 0 Å². The lowest BCUT2D eigenvalue weighted by atomic mass is 10.1.